The molecule has 1 aromatic heterocycles. The van der Waals surface area contributed by atoms with E-state index in [1.54, 1.807) is 6.07 Å². The smallest absolute Gasteiger partial charge is 0.176 e. The molecule has 1 aliphatic heterocycles. The highest BCUT2D eigenvalue weighted by atomic mass is 19.1. The molecule has 1 aliphatic rings. The summed E-state index contributed by atoms with van der Waals surface area (Å²) in [5.74, 6) is 3.87. The lowest BCUT2D eigenvalue weighted by Crippen LogP contribution is -2.33. The predicted octanol–water partition coefficient (Wildman–Crippen LogP) is 2.19. The van der Waals surface area contributed by atoms with Crippen molar-refractivity contribution in [3.63, 3.8) is 0 Å². The van der Waals surface area contributed by atoms with Crippen molar-refractivity contribution in [2.24, 2.45) is 0 Å². The van der Waals surface area contributed by atoms with Crippen LogP contribution in [0, 0.1) is 12.3 Å². The molecule has 0 aromatic carbocycles. The van der Waals surface area contributed by atoms with E-state index in [-0.39, 0.29) is 0 Å². The molecule has 0 saturated carbocycles. The number of halogens is 1. The molecular formula is C12H14FNO. The first-order chi connectivity index (χ1) is 7.28. The summed E-state index contributed by atoms with van der Waals surface area (Å²) in [4.78, 5) is 2.19. The Morgan fingerprint density at radius 1 is 1.47 bits per heavy atom. The van der Waals surface area contributed by atoms with Crippen LogP contribution in [0.3, 0.4) is 0 Å². The number of likely N-dealkylation sites (tertiary alicyclic amines) is 1. The van der Waals surface area contributed by atoms with Crippen molar-refractivity contribution in [3.05, 3.63) is 23.7 Å². The molecule has 3 heteroatoms. The van der Waals surface area contributed by atoms with Gasteiger partial charge in [0, 0.05) is 13.1 Å². The first-order valence-corrected chi connectivity index (χ1v) is 5.19. The summed E-state index contributed by atoms with van der Waals surface area (Å²) in [7, 11) is 0. The molecule has 0 radical (unpaired) electrons. The summed E-state index contributed by atoms with van der Waals surface area (Å²) in [6.45, 7) is 2.33. The molecular weight excluding hydrogens is 193 g/mol. The third kappa shape index (κ3) is 2.60. The normalized spacial score (nSPS) is 18.9. The van der Waals surface area contributed by atoms with Gasteiger partial charge in [0.1, 0.15) is 11.9 Å². The molecule has 0 aliphatic carbocycles. The number of terminal acetylenes is 1. The number of hydrogen-bond acceptors (Lipinski definition) is 2. The van der Waals surface area contributed by atoms with E-state index in [1.165, 1.54) is 0 Å². The molecule has 0 N–H and O–H groups in total. The summed E-state index contributed by atoms with van der Waals surface area (Å²) in [6, 6.07) is 3.67. The van der Waals surface area contributed by atoms with Crippen LogP contribution in [0.5, 0.6) is 0 Å². The third-order valence-electron chi connectivity index (χ3n) is 2.70. The van der Waals surface area contributed by atoms with Gasteiger partial charge in [0.05, 0.1) is 6.54 Å². The number of alkyl halides is 1. The predicted molar refractivity (Wildman–Crippen MR) is 56.1 cm³/mol. The van der Waals surface area contributed by atoms with Gasteiger partial charge in [-0.25, -0.2) is 4.39 Å². The lowest BCUT2D eigenvalue weighted by molar-refractivity contribution is 0.138. The van der Waals surface area contributed by atoms with Crippen molar-refractivity contribution in [1.29, 1.82) is 0 Å². The van der Waals surface area contributed by atoms with Crippen LogP contribution in [-0.4, -0.2) is 24.2 Å². The molecule has 2 nitrogen and oxygen atoms in total. The van der Waals surface area contributed by atoms with E-state index < -0.39 is 6.17 Å². The maximum atomic E-state index is 12.9. The van der Waals surface area contributed by atoms with E-state index in [4.69, 9.17) is 10.8 Å². The van der Waals surface area contributed by atoms with Crippen molar-refractivity contribution in [3.8, 4) is 12.3 Å². The molecule has 1 fully saturated rings. The van der Waals surface area contributed by atoms with E-state index >= 15 is 0 Å². The highest BCUT2D eigenvalue weighted by Gasteiger charge is 2.18. The number of nitrogens with zero attached hydrogens (tertiary/aromatic N) is 1. The van der Waals surface area contributed by atoms with Crippen molar-refractivity contribution < 1.29 is 8.81 Å². The summed E-state index contributed by atoms with van der Waals surface area (Å²) < 4.78 is 18.3. The van der Waals surface area contributed by atoms with E-state index in [0.29, 0.717) is 18.6 Å². The zero-order valence-electron chi connectivity index (χ0n) is 8.58. The van der Waals surface area contributed by atoms with Crippen LogP contribution >= 0.6 is 0 Å². The SMILES string of the molecule is C#Cc1ccc(CN2CCC(F)CC2)o1. The average Bonchev–Trinajstić information content (AvgIpc) is 2.69. The van der Waals surface area contributed by atoms with Crippen molar-refractivity contribution >= 4 is 0 Å². The second-order valence-corrected chi connectivity index (χ2v) is 3.86. The lowest BCUT2D eigenvalue weighted by atomic mass is 10.1. The molecule has 2 heterocycles. The summed E-state index contributed by atoms with van der Waals surface area (Å²) in [5, 5.41) is 0. The fraction of sp³-hybridized carbons (Fsp3) is 0.500. The summed E-state index contributed by atoms with van der Waals surface area (Å²) in [6.07, 6.45) is 5.84. The fourth-order valence-corrected chi connectivity index (χ4v) is 1.82. The van der Waals surface area contributed by atoms with Gasteiger partial charge in [0.15, 0.2) is 5.76 Å². The van der Waals surface area contributed by atoms with Gasteiger partial charge in [-0.3, -0.25) is 4.90 Å². The summed E-state index contributed by atoms with van der Waals surface area (Å²) in [5.41, 5.74) is 0. The van der Waals surface area contributed by atoms with Gasteiger partial charge >= 0.3 is 0 Å². The quantitative estimate of drug-likeness (QED) is 0.691. The number of rotatable bonds is 2. The maximum absolute atomic E-state index is 12.9. The number of furan rings is 1. The Hall–Kier alpha value is -1.27. The van der Waals surface area contributed by atoms with E-state index in [1.807, 2.05) is 6.07 Å². The van der Waals surface area contributed by atoms with Gasteiger partial charge in [0.2, 0.25) is 0 Å². The highest BCUT2D eigenvalue weighted by Crippen LogP contribution is 2.16. The van der Waals surface area contributed by atoms with Crippen LogP contribution in [0.15, 0.2) is 16.5 Å². The Morgan fingerprint density at radius 3 is 2.80 bits per heavy atom. The molecule has 0 spiro atoms. The highest BCUT2D eigenvalue weighted by molar-refractivity contribution is 5.22. The minimum Gasteiger partial charge on any atom is -0.451 e. The topological polar surface area (TPSA) is 16.4 Å². The number of hydrogen-bond donors (Lipinski definition) is 0. The van der Waals surface area contributed by atoms with E-state index in [9.17, 15) is 4.39 Å². The Balaban J connectivity index is 1.89. The monoisotopic (exact) mass is 207 g/mol. The molecule has 2 rings (SSSR count). The third-order valence-corrected chi connectivity index (χ3v) is 2.70. The molecule has 1 saturated heterocycles. The van der Waals surface area contributed by atoms with Crippen molar-refractivity contribution in [2.45, 2.75) is 25.6 Å². The van der Waals surface area contributed by atoms with Gasteiger partial charge in [0.25, 0.3) is 0 Å². The molecule has 80 valence electrons. The summed E-state index contributed by atoms with van der Waals surface area (Å²) >= 11 is 0. The minimum absolute atomic E-state index is 0.561. The van der Waals surface area contributed by atoms with Crippen molar-refractivity contribution in [1.82, 2.24) is 4.90 Å². The zero-order chi connectivity index (χ0) is 10.7. The Bertz CT molecular complexity index is 358. The average molecular weight is 207 g/mol. The van der Waals surface area contributed by atoms with Crippen molar-refractivity contribution in [2.75, 3.05) is 13.1 Å². The van der Waals surface area contributed by atoms with Gasteiger partial charge < -0.3 is 4.42 Å². The Kier molecular flexibility index (Phi) is 3.08. The van der Waals surface area contributed by atoms with Crippen LogP contribution < -0.4 is 0 Å². The maximum Gasteiger partial charge on any atom is 0.176 e. The minimum atomic E-state index is -0.626. The van der Waals surface area contributed by atoms with Crippen LogP contribution in [0.2, 0.25) is 0 Å². The Labute approximate surface area is 89.1 Å². The van der Waals surface area contributed by atoms with Crippen LogP contribution in [-0.2, 0) is 6.54 Å². The van der Waals surface area contributed by atoms with Crippen LogP contribution in [0.4, 0.5) is 4.39 Å². The second kappa shape index (κ2) is 4.50. The Morgan fingerprint density at radius 2 is 2.20 bits per heavy atom. The first kappa shape index (κ1) is 10.3. The van der Waals surface area contributed by atoms with E-state index in [0.717, 1.165) is 25.4 Å². The van der Waals surface area contributed by atoms with Crippen LogP contribution in [0.25, 0.3) is 0 Å². The fourth-order valence-electron chi connectivity index (χ4n) is 1.82. The molecule has 1 aromatic rings. The zero-order valence-corrected chi connectivity index (χ0v) is 8.58. The molecule has 0 atom stereocenters. The van der Waals surface area contributed by atoms with Gasteiger partial charge in [-0.2, -0.15) is 0 Å². The molecule has 0 bridgehead atoms. The molecule has 0 amide bonds. The lowest BCUT2D eigenvalue weighted by Gasteiger charge is -2.27. The standard InChI is InChI=1S/C12H14FNO/c1-2-11-3-4-12(15-11)9-14-7-5-10(13)6-8-14/h1,3-4,10H,5-9H2. The second-order valence-electron chi connectivity index (χ2n) is 3.86. The largest absolute Gasteiger partial charge is 0.451 e. The molecule has 0 unspecified atom stereocenters. The van der Waals surface area contributed by atoms with Gasteiger partial charge in [-0.05, 0) is 30.9 Å². The van der Waals surface area contributed by atoms with Gasteiger partial charge in [-0.15, -0.1) is 6.42 Å². The molecule has 15 heavy (non-hydrogen) atoms. The van der Waals surface area contributed by atoms with Gasteiger partial charge in [-0.1, -0.05) is 0 Å². The number of piperidine rings is 1. The first-order valence-electron chi connectivity index (χ1n) is 5.19. The van der Waals surface area contributed by atoms with E-state index in [2.05, 4.69) is 10.8 Å². The van der Waals surface area contributed by atoms with Crippen LogP contribution in [0.1, 0.15) is 24.4 Å².